The number of amides is 2. The van der Waals surface area contributed by atoms with Crippen molar-refractivity contribution >= 4 is 35.1 Å². The zero-order valence-electron chi connectivity index (χ0n) is 21.4. The number of aliphatic hydroxyl groups excluding tert-OH is 1. The molecule has 9 nitrogen and oxygen atoms in total. The molecule has 10 heteroatoms. The van der Waals surface area contributed by atoms with E-state index >= 15 is 0 Å². The first-order valence-electron chi connectivity index (χ1n) is 12.5. The summed E-state index contributed by atoms with van der Waals surface area (Å²) < 4.78 is 0. The van der Waals surface area contributed by atoms with Crippen LogP contribution in [0.2, 0.25) is 5.02 Å². The quantitative estimate of drug-likeness (QED) is 0.301. The first-order valence-corrected chi connectivity index (χ1v) is 12.9. The first-order chi connectivity index (χ1) is 18.8. The molecule has 0 bridgehead atoms. The molecule has 198 valence electrons. The molecule has 0 saturated carbocycles. The van der Waals surface area contributed by atoms with Crippen molar-refractivity contribution in [1.82, 2.24) is 25.2 Å². The van der Waals surface area contributed by atoms with Crippen molar-refractivity contribution in [2.24, 2.45) is 0 Å². The van der Waals surface area contributed by atoms with Gasteiger partial charge in [-0.1, -0.05) is 48.0 Å². The number of nitrogens with zero attached hydrogens (tertiary/aromatic N) is 4. The summed E-state index contributed by atoms with van der Waals surface area (Å²) in [5, 5.41) is 16.2. The average Bonchev–Trinajstić information content (AvgIpc) is 3.28. The van der Waals surface area contributed by atoms with E-state index in [-0.39, 0.29) is 25.0 Å². The zero-order chi connectivity index (χ0) is 27.5. The molecule has 39 heavy (non-hydrogen) atoms. The SMILES string of the molecule is Cc1cccc(C(CO)NC(=O)C(C)N2Cc3ccc(-c4nc(Nc5ccccc5)ncc4Cl)cc3C2=O)n1. The van der Waals surface area contributed by atoms with Gasteiger partial charge in [0.05, 0.1) is 35.3 Å². The topological polar surface area (TPSA) is 120 Å². The Morgan fingerprint density at radius 2 is 1.90 bits per heavy atom. The van der Waals surface area contributed by atoms with Crippen LogP contribution in [0, 0.1) is 6.92 Å². The highest BCUT2D eigenvalue weighted by molar-refractivity contribution is 6.33. The molecule has 2 amide bonds. The molecule has 0 aliphatic carbocycles. The van der Waals surface area contributed by atoms with Crippen LogP contribution in [0.3, 0.4) is 0 Å². The second kappa shape index (κ2) is 11.2. The molecule has 0 fully saturated rings. The molecule has 2 aromatic carbocycles. The van der Waals surface area contributed by atoms with E-state index in [0.717, 1.165) is 16.9 Å². The maximum Gasteiger partial charge on any atom is 0.255 e. The van der Waals surface area contributed by atoms with E-state index < -0.39 is 12.1 Å². The molecule has 2 atom stereocenters. The maximum atomic E-state index is 13.4. The Balaban J connectivity index is 1.33. The summed E-state index contributed by atoms with van der Waals surface area (Å²) in [6.07, 6.45) is 1.52. The Hall–Kier alpha value is -4.34. The molecule has 4 aromatic rings. The van der Waals surface area contributed by atoms with Crippen molar-refractivity contribution in [3.8, 4) is 11.3 Å². The molecular weight excluding hydrogens is 516 g/mol. The number of rotatable bonds is 8. The maximum absolute atomic E-state index is 13.4. The molecule has 0 spiro atoms. The summed E-state index contributed by atoms with van der Waals surface area (Å²) >= 11 is 6.44. The molecule has 1 aliphatic heterocycles. The van der Waals surface area contributed by atoms with Crippen molar-refractivity contribution in [1.29, 1.82) is 0 Å². The number of pyridine rings is 1. The van der Waals surface area contributed by atoms with Crippen LogP contribution in [-0.2, 0) is 11.3 Å². The molecule has 2 unspecified atom stereocenters. The fourth-order valence-electron chi connectivity index (χ4n) is 4.47. The number of aliphatic hydroxyl groups is 1. The number of benzene rings is 2. The molecule has 1 aliphatic rings. The number of aryl methyl sites for hydroxylation is 1. The molecule has 2 aromatic heterocycles. The summed E-state index contributed by atoms with van der Waals surface area (Å²) in [6.45, 7) is 3.48. The van der Waals surface area contributed by atoms with Crippen LogP contribution in [0.1, 0.15) is 40.3 Å². The third kappa shape index (κ3) is 5.59. The van der Waals surface area contributed by atoms with E-state index in [9.17, 15) is 14.7 Å². The van der Waals surface area contributed by atoms with Gasteiger partial charge in [-0.2, -0.15) is 0 Å². The fourth-order valence-corrected chi connectivity index (χ4v) is 4.67. The zero-order valence-corrected chi connectivity index (χ0v) is 22.2. The monoisotopic (exact) mass is 542 g/mol. The predicted octanol–water partition coefficient (Wildman–Crippen LogP) is 4.44. The second-order valence-corrected chi connectivity index (χ2v) is 9.72. The standard InChI is InChI=1S/C29H27ClN6O3/c1-17-7-6-10-24(32-17)25(16-37)34-27(38)18(2)36-15-20-12-11-19(13-22(20)28(36)39)26-23(30)14-31-29(35-26)33-21-8-4-3-5-9-21/h3-14,18,25,37H,15-16H2,1-2H3,(H,34,38)(H,31,33,35). The molecule has 0 radical (unpaired) electrons. The van der Waals surface area contributed by atoms with Crippen LogP contribution in [0.25, 0.3) is 11.3 Å². The van der Waals surface area contributed by atoms with Gasteiger partial charge in [0, 0.05) is 29.1 Å². The second-order valence-electron chi connectivity index (χ2n) is 9.31. The highest BCUT2D eigenvalue weighted by Gasteiger charge is 2.35. The lowest BCUT2D eigenvalue weighted by Crippen LogP contribution is -2.46. The fraction of sp³-hybridized carbons (Fsp3) is 0.207. The van der Waals surface area contributed by atoms with Gasteiger partial charge >= 0.3 is 0 Å². The first kappa shape index (κ1) is 26.3. The number of hydrogen-bond acceptors (Lipinski definition) is 7. The van der Waals surface area contributed by atoms with E-state index in [0.29, 0.717) is 33.5 Å². The predicted molar refractivity (Wildman–Crippen MR) is 148 cm³/mol. The lowest BCUT2D eigenvalue weighted by Gasteiger charge is -2.25. The molecule has 3 heterocycles. The van der Waals surface area contributed by atoms with Gasteiger partial charge in [-0.05, 0) is 49.7 Å². The highest BCUT2D eigenvalue weighted by atomic mass is 35.5. The van der Waals surface area contributed by atoms with Crippen molar-refractivity contribution in [2.75, 3.05) is 11.9 Å². The van der Waals surface area contributed by atoms with Crippen LogP contribution >= 0.6 is 11.6 Å². The highest BCUT2D eigenvalue weighted by Crippen LogP contribution is 2.32. The van der Waals surface area contributed by atoms with E-state index in [2.05, 4.69) is 25.6 Å². The van der Waals surface area contributed by atoms with Gasteiger partial charge in [0.2, 0.25) is 11.9 Å². The van der Waals surface area contributed by atoms with Gasteiger partial charge in [0.25, 0.3) is 5.91 Å². The normalized spacial score (nSPS) is 14.1. The summed E-state index contributed by atoms with van der Waals surface area (Å²) in [6, 6.07) is 18.9. The number of halogens is 1. The Morgan fingerprint density at radius 3 is 2.64 bits per heavy atom. The lowest BCUT2D eigenvalue weighted by atomic mass is 10.0. The van der Waals surface area contributed by atoms with E-state index in [1.54, 1.807) is 19.1 Å². The minimum Gasteiger partial charge on any atom is -0.394 e. The summed E-state index contributed by atoms with van der Waals surface area (Å²) in [4.78, 5) is 41.2. The third-order valence-corrected chi connectivity index (χ3v) is 6.88. The minimum atomic E-state index is -0.767. The number of para-hydroxylation sites is 1. The van der Waals surface area contributed by atoms with Gasteiger partial charge in [-0.15, -0.1) is 0 Å². The van der Waals surface area contributed by atoms with E-state index in [4.69, 9.17) is 11.6 Å². The van der Waals surface area contributed by atoms with Gasteiger partial charge in [0.15, 0.2) is 0 Å². The number of hydrogen-bond donors (Lipinski definition) is 3. The Bertz CT molecular complexity index is 1530. The Labute approximate surface area is 230 Å². The van der Waals surface area contributed by atoms with Crippen molar-refractivity contribution in [3.05, 3.63) is 100 Å². The van der Waals surface area contributed by atoms with E-state index in [1.165, 1.54) is 11.1 Å². The van der Waals surface area contributed by atoms with Crippen LogP contribution in [0.4, 0.5) is 11.6 Å². The van der Waals surface area contributed by atoms with Crippen molar-refractivity contribution in [3.63, 3.8) is 0 Å². The number of anilines is 2. The Kier molecular flexibility index (Phi) is 7.53. The van der Waals surface area contributed by atoms with Crippen molar-refractivity contribution < 1.29 is 14.7 Å². The summed E-state index contributed by atoms with van der Waals surface area (Å²) in [5.41, 5.74) is 4.60. The molecular formula is C29H27ClN6O3. The number of fused-ring (bicyclic) bond motifs is 1. The smallest absolute Gasteiger partial charge is 0.255 e. The lowest BCUT2D eigenvalue weighted by molar-refractivity contribution is -0.126. The van der Waals surface area contributed by atoms with Gasteiger partial charge in [-0.3, -0.25) is 14.6 Å². The van der Waals surface area contributed by atoms with Crippen LogP contribution in [0.5, 0.6) is 0 Å². The average molecular weight is 543 g/mol. The third-order valence-electron chi connectivity index (χ3n) is 6.60. The largest absolute Gasteiger partial charge is 0.394 e. The van der Waals surface area contributed by atoms with Crippen molar-refractivity contribution in [2.45, 2.75) is 32.5 Å². The number of aromatic nitrogens is 3. The van der Waals surface area contributed by atoms with Gasteiger partial charge in [0.1, 0.15) is 6.04 Å². The van der Waals surface area contributed by atoms with Crippen LogP contribution < -0.4 is 10.6 Å². The molecule has 5 rings (SSSR count). The van der Waals surface area contributed by atoms with Gasteiger partial charge in [-0.25, -0.2) is 9.97 Å². The van der Waals surface area contributed by atoms with Crippen LogP contribution in [0.15, 0.2) is 72.9 Å². The minimum absolute atomic E-state index is 0.267. The van der Waals surface area contributed by atoms with Gasteiger partial charge < -0.3 is 20.6 Å². The number of nitrogens with one attached hydrogen (secondary N) is 2. The number of carbonyl (C=O) groups is 2. The Morgan fingerprint density at radius 1 is 1.10 bits per heavy atom. The molecule has 0 saturated heterocycles. The summed E-state index contributed by atoms with van der Waals surface area (Å²) in [7, 11) is 0. The summed E-state index contributed by atoms with van der Waals surface area (Å²) in [5.74, 6) is -0.272. The van der Waals surface area contributed by atoms with E-state index in [1.807, 2.05) is 61.5 Å². The number of carbonyl (C=O) groups excluding carboxylic acids is 2. The van der Waals surface area contributed by atoms with Crippen LogP contribution in [-0.4, -0.2) is 49.4 Å². The molecule has 3 N–H and O–H groups in total.